The van der Waals surface area contributed by atoms with E-state index in [9.17, 15) is 9.18 Å². The van der Waals surface area contributed by atoms with Gasteiger partial charge in [-0.25, -0.2) is 9.18 Å². The lowest BCUT2D eigenvalue weighted by Gasteiger charge is -2.34. The lowest BCUT2D eigenvalue weighted by Crippen LogP contribution is -2.48. The van der Waals surface area contributed by atoms with Gasteiger partial charge in [0.15, 0.2) is 11.6 Å². The summed E-state index contributed by atoms with van der Waals surface area (Å²) in [6, 6.07) is 4.60. The predicted molar refractivity (Wildman–Crippen MR) is 72.1 cm³/mol. The van der Waals surface area contributed by atoms with Crippen LogP contribution in [0.25, 0.3) is 0 Å². The van der Waals surface area contributed by atoms with Crippen molar-refractivity contribution in [1.29, 1.82) is 0 Å². The Balaban J connectivity index is 3.03. The molecule has 0 aromatic heterocycles. The second-order valence-electron chi connectivity index (χ2n) is 4.66. The predicted octanol–water partition coefficient (Wildman–Crippen LogP) is 2.61. The van der Waals surface area contributed by atoms with Crippen LogP contribution in [-0.4, -0.2) is 32.3 Å². The number of nitrogens with zero attached hydrogens (tertiary/aromatic N) is 1. The number of hydrogen-bond acceptors (Lipinski definition) is 4. The van der Waals surface area contributed by atoms with Gasteiger partial charge in [-0.2, -0.15) is 0 Å². The first-order chi connectivity index (χ1) is 8.84. The van der Waals surface area contributed by atoms with Gasteiger partial charge in [0, 0.05) is 18.8 Å². The van der Waals surface area contributed by atoms with Gasteiger partial charge < -0.3 is 14.4 Å². The fourth-order valence-corrected chi connectivity index (χ4v) is 1.68. The van der Waals surface area contributed by atoms with E-state index in [-0.39, 0.29) is 11.7 Å². The topological polar surface area (TPSA) is 38.8 Å². The summed E-state index contributed by atoms with van der Waals surface area (Å²) in [5.41, 5.74) is -0.301. The Bertz CT molecular complexity index is 460. The van der Waals surface area contributed by atoms with Crippen molar-refractivity contribution in [2.24, 2.45) is 0 Å². The second-order valence-corrected chi connectivity index (χ2v) is 4.66. The number of methoxy groups -OCH3 is 1. The molecule has 0 aliphatic heterocycles. The Morgan fingerprint density at radius 1 is 1.42 bits per heavy atom. The van der Waals surface area contributed by atoms with Gasteiger partial charge in [-0.3, -0.25) is 0 Å². The Morgan fingerprint density at radius 2 is 2.05 bits per heavy atom. The molecule has 0 radical (unpaired) electrons. The average molecular weight is 269 g/mol. The van der Waals surface area contributed by atoms with Crippen LogP contribution >= 0.6 is 0 Å². The molecule has 0 spiro atoms. The Morgan fingerprint density at radius 3 is 2.53 bits per heavy atom. The van der Waals surface area contributed by atoms with Crippen LogP contribution < -0.4 is 9.64 Å². The van der Waals surface area contributed by atoms with Gasteiger partial charge in [-0.1, -0.05) is 0 Å². The van der Waals surface area contributed by atoms with Crippen molar-refractivity contribution in [3.63, 3.8) is 0 Å². The van der Waals surface area contributed by atoms with Crippen LogP contribution in [0.2, 0.25) is 0 Å². The second kappa shape index (κ2) is 5.91. The van der Waals surface area contributed by atoms with Gasteiger partial charge in [-0.05, 0) is 32.9 Å². The van der Waals surface area contributed by atoms with Gasteiger partial charge in [0.1, 0.15) is 5.54 Å². The average Bonchev–Trinajstić information content (AvgIpc) is 2.39. The van der Waals surface area contributed by atoms with Crippen molar-refractivity contribution in [2.45, 2.75) is 26.3 Å². The summed E-state index contributed by atoms with van der Waals surface area (Å²) in [5, 5.41) is 0. The summed E-state index contributed by atoms with van der Waals surface area (Å²) in [4.78, 5) is 13.4. The number of anilines is 1. The lowest BCUT2D eigenvalue weighted by molar-refractivity contribution is -0.145. The highest BCUT2D eigenvalue weighted by atomic mass is 19.1. The highest BCUT2D eigenvalue weighted by Gasteiger charge is 2.33. The molecule has 5 heteroatoms. The van der Waals surface area contributed by atoms with E-state index in [1.165, 1.54) is 13.2 Å². The number of esters is 1. The van der Waals surface area contributed by atoms with E-state index in [4.69, 9.17) is 9.47 Å². The number of ether oxygens (including phenoxy) is 2. The van der Waals surface area contributed by atoms with Crippen LogP contribution in [0.15, 0.2) is 18.2 Å². The normalized spacial score (nSPS) is 11.1. The van der Waals surface area contributed by atoms with Crippen molar-refractivity contribution >= 4 is 11.7 Å². The maximum absolute atomic E-state index is 13.8. The third kappa shape index (κ3) is 3.16. The molecule has 0 unspecified atom stereocenters. The molecule has 0 heterocycles. The van der Waals surface area contributed by atoms with E-state index >= 15 is 0 Å². The van der Waals surface area contributed by atoms with E-state index in [1.54, 1.807) is 44.9 Å². The minimum absolute atomic E-state index is 0.204. The SMILES string of the molecule is CCOc1ccc(N(C)C(C)(C)C(=O)OC)cc1F. The maximum Gasteiger partial charge on any atom is 0.331 e. The molecule has 0 saturated heterocycles. The van der Waals surface area contributed by atoms with Crippen LogP contribution in [0.1, 0.15) is 20.8 Å². The van der Waals surface area contributed by atoms with Crippen molar-refractivity contribution in [2.75, 3.05) is 25.7 Å². The molecule has 0 fully saturated rings. The summed E-state index contributed by atoms with van der Waals surface area (Å²) in [6.45, 7) is 5.62. The van der Waals surface area contributed by atoms with Crippen LogP contribution in [0.4, 0.5) is 10.1 Å². The molecule has 1 aromatic rings. The largest absolute Gasteiger partial charge is 0.491 e. The number of hydrogen-bond donors (Lipinski definition) is 0. The van der Waals surface area contributed by atoms with Gasteiger partial charge in [0.05, 0.1) is 13.7 Å². The molecule has 4 nitrogen and oxygen atoms in total. The third-order valence-electron chi connectivity index (χ3n) is 3.13. The van der Waals surface area contributed by atoms with E-state index < -0.39 is 11.4 Å². The van der Waals surface area contributed by atoms with E-state index in [0.717, 1.165) is 0 Å². The summed E-state index contributed by atoms with van der Waals surface area (Å²) < 4.78 is 23.7. The van der Waals surface area contributed by atoms with Crippen LogP contribution in [0.3, 0.4) is 0 Å². The number of rotatable bonds is 5. The van der Waals surface area contributed by atoms with Gasteiger partial charge in [0.25, 0.3) is 0 Å². The zero-order valence-electron chi connectivity index (χ0n) is 12.0. The van der Waals surface area contributed by atoms with E-state index in [2.05, 4.69) is 0 Å². The highest BCUT2D eigenvalue weighted by Crippen LogP contribution is 2.28. The highest BCUT2D eigenvalue weighted by molar-refractivity contribution is 5.84. The standard InChI is InChI=1S/C14H20FNO3/c1-6-19-12-8-7-10(9-11(12)15)16(4)14(2,3)13(17)18-5/h7-9H,6H2,1-5H3. The number of likely N-dealkylation sites (N-methyl/N-ethyl adjacent to an activating group) is 1. The molecule has 0 bridgehead atoms. The first kappa shape index (κ1) is 15.3. The molecule has 0 amide bonds. The Hall–Kier alpha value is -1.78. The molecule has 0 saturated carbocycles. The number of benzene rings is 1. The number of carbonyl (C=O) groups excluding carboxylic acids is 1. The van der Waals surface area contributed by atoms with Crippen molar-refractivity contribution < 1.29 is 18.7 Å². The van der Waals surface area contributed by atoms with E-state index in [1.807, 2.05) is 0 Å². The van der Waals surface area contributed by atoms with Crippen molar-refractivity contribution in [3.8, 4) is 5.75 Å². The molecule has 106 valence electrons. The van der Waals surface area contributed by atoms with Gasteiger partial charge >= 0.3 is 5.97 Å². The molecule has 1 rings (SSSR count). The van der Waals surface area contributed by atoms with Gasteiger partial charge in [-0.15, -0.1) is 0 Å². The molecule has 0 aliphatic carbocycles. The lowest BCUT2D eigenvalue weighted by atomic mass is 10.0. The first-order valence-electron chi connectivity index (χ1n) is 6.09. The molecule has 0 atom stereocenters. The molecule has 0 N–H and O–H groups in total. The Labute approximate surface area is 113 Å². The number of carbonyl (C=O) groups is 1. The van der Waals surface area contributed by atoms with Crippen molar-refractivity contribution in [3.05, 3.63) is 24.0 Å². The van der Waals surface area contributed by atoms with Gasteiger partial charge in [0.2, 0.25) is 0 Å². The summed E-state index contributed by atoms with van der Waals surface area (Å²) >= 11 is 0. The van der Waals surface area contributed by atoms with Crippen LogP contribution in [-0.2, 0) is 9.53 Å². The molecule has 1 aromatic carbocycles. The Kier molecular flexibility index (Phi) is 4.75. The van der Waals surface area contributed by atoms with E-state index in [0.29, 0.717) is 12.3 Å². The minimum atomic E-state index is -0.881. The number of halogens is 1. The fourth-order valence-electron chi connectivity index (χ4n) is 1.68. The zero-order chi connectivity index (χ0) is 14.6. The molecular formula is C14H20FNO3. The first-order valence-corrected chi connectivity index (χ1v) is 6.09. The molecular weight excluding hydrogens is 249 g/mol. The zero-order valence-corrected chi connectivity index (χ0v) is 12.0. The third-order valence-corrected chi connectivity index (χ3v) is 3.13. The quantitative estimate of drug-likeness (QED) is 0.770. The fraction of sp³-hybridized carbons (Fsp3) is 0.500. The summed E-state index contributed by atoms with van der Waals surface area (Å²) in [6.07, 6.45) is 0. The molecule has 0 aliphatic rings. The molecule has 19 heavy (non-hydrogen) atoms. The summed E-state index contributed by atoms with van der Waals surface area (Å²) in [5.74, 6) is -0.633. The van der Waals surface area contributed by atoms with Crippen molar-refractivity contribution in [1.82, 2.24) is 0 Å². The maximum atomic E-state index is 13.8. The monoisotopic (exact) mass is 269 g/mol. The smallest absolute Gasteiger partial charge is 0.331 e. The minimum Gasteiger partial charge on any atom is -0.491 e. The summed E-state index contributed by atoms with van der Waals surface area (Å²) in [7, 11) is 3.04. The van der Waals surface area contributed by atoms with Crippen LogP contribution in [0, 0.1) is 5.82 Å². The van der Waals surface area contributed by atoms with Crippen LogP contribution in [0.5, 0.6) is 5.75 Å².